The fourth-order valence-electron chi connectivity index (χ4n) is 2.15. The van der Waals surface area contributed by atoms with E-state index in [1.54, 1.807) is 6.08 Å². The van der Waals surface area contributed by atoms with E-state index in [2.05, 4.69) is 27.4 Å². The largest absolute Gasteiger partial charge is 0.366 e. The second-order valence-electron chi connectivity index (χ2n) is 6.32. The molecule has 106 valence electrons. The van der Waals surface area contributed by atoms with Gasteiger partial charge in [0, 0.05) is 12.1 Å². The van der Waals surface area contributed by atoms with Gasteiger partial charge in [-0.25, -0.2) is 4.67 Å². The van der Waals surface area contributed by atoms with Gasteiger partial charge in [0.25, 0.3) is 7.52 Å². The quantitative estimate of drug-likeness (QED) is 0.446. The molecule has 18 heavy (non-hydrogen) atoms. The molecule has 0 radical (unpaired) electrons. The minimum Gasteiger partial charge on any atom is -0.366 e. The van der Waals surface area contributed by atoms with E-state index in [0.717, 1.165) is 13.0 Å². The van der Waals surface area contributed by atoms with Crippen LogP contribution in [0.4, 0.5) is 0 Å². The van der Waals surface area contributed by atoms with E-state index < -0.39 is 7.52 Å². The lowest BCUT2D eigenvalue weighted by Gasteiger charge is -2.48. The fraction of sp³-hybridized carbons (Fsp3) is 0.846. The summed E-state index contributed by atoms with van der Waals surface area (Å²) in [6.07, 6.45) is 2.65. The SMILES string of the molecule is C=CCOCP1(=O)OC(C)(C)CCN1C(C)(C)C. The predicted octanol–water partition coefficient (Wildman–Crippen LogP) is 3.64. The highest BCUT2D eigenvalue weighted by atomic mass is 31.2. The van der Waals surface area contributed by atoms with Crippen molar-refractivity contribution in [2.45, 2.75) is 52.2 Å². The lowest BCUT2D eigenvalue weighted by molar-refractivity contribution is 0.0202. The molecule has 1 unspecified atom stereocenters. The second-order valence-corrected chi connectivity index (χ2v) is 8.52. The van der Waals surface area contributed by atoms with Crippen LogP contribution in [-0.2, 0) is 13.8 Å². The van der Waals surface area contributed by atoms with Crippen LogP contribution < -0.4 is 0 Å². The van der Waals surface area contributed by atoms with Crippen LogP contribution in [0, 0.1) is 0 Å². The second kappa shape index (κ2) is 5.46. The average molecular weight is 275 g/mol. The monoisotopic (exact) mass is 275 g/mol. The fourth-order valence-corrected chi connectivity index (χ4v) is 4.96. The third-order valence-corrected chi connectivity index (χ3v) is 5.77. The van der Waals surface area contributed by atoms with Crippen molar-refractivity contribution in [1.82, 2.24) is 4.67 Å². The predicted molar refractivity (Wildman–Crippen MR) is 74.9 cm³/mol. The molecule has 0 amide bonds. The van der Waals surface area contributed by atoms with Crippen molar-refractivity contribution < 1.29 is 13.8 Å². The van der Waals surface area contributed by atoms with Crippen LogP contribution in [0.1, 0.15) is 41.0 Å². The Hall–Kier alpha value is -0.150. The standard InChI is InChI=1S/C13H26NO3P/c1-7-10-16-11-18(15)14(12(2,3)4)9-8-13(5,6)17-18/h7H,1,8-11H2,2-6H3. The molecular formula is C13H26NO3P. The maximum atomic E-state index is 13.0. The molecule has 0 aromatic heterocycles. The first-order valence-corrected chi connectivity index (χ1v) is 8.14. The molecule has 0 aromatic carbocycles. The van der Waals surface area contributed by atoms with Crippen molar-refractivity contribution in [1.29, 1.82) is 0 Å². The summed E-state index contributed by atoms with van der Waals surface area (Å²) in [7, 11) is -2.93. The van der Waals surface area contributed by atoms with Crippen LogP contribution in [-0.4, -0.2) is 35.3 Å². The first kappa shape index (κ1) is 15.9. The summed E-state index contributed by atoms with van der Waals surface area (Å²) < 4.78 is 26.3. The highest BCUT2D eigenvalue weighted by Gasteiger charge is 2.47. The Morgan fingerprint density at radius 1 is 1.50 bits per heavy atom. The van der Waals surface area contributed by atoms with E-state index in [4.69, 9.17) is 9.26 Å². The van der Waals surface area contributed by atoms with Gasteiger partial charge in [-0.1, -0.05) is 6.08 Å². The van der Waals surface area contributed by atoms with Crippen molar-refractivity contribution >= 4 is 7.52 Å². The zero-order valence-corrected chi connectivity index (χ0v) is 13.1. The van der Waals surface area contributed by atoms with Gasteiger partial charge in [-0.05, 0) is 41.0 Å². The van der Waals surface area contributed by atoms with Gasteiger partial charge in [0.2, 0.25) is 0 Å². The zero-order valence-electron chi connectivity index (χ0n) is 12.2. The van der Waals surface area contributed by atoms with E-state index in [9.17, 15) is 4.57 Å². The summed E-state index contributed by atoms with van der Waals surface area (Å²) in [5.41, 5.74) is -0.543. The number of hydrogen-bond donors (Lipinski definition) is 0. The topological polar surface area (TPSA) is 38.8 Å². The molecule has 4 nitrogen and oxygen atoms in total. The van der Waals surface area contributed by atoms with E-state index in [0.29, 0.717) is 6.61 Å². The summed E-state index contributed by atoms with van der Waals surface area (Å²) in [5.74, 6) is 0. The van der Waals surface area contributed by atoms with E-state index in [1.807, 2.05) is 18.5 Å². The summed E-state index contributed by atoms with van der Waals surface area (Å²) in [6.45, 7) is 14.9. The Morgan fingerprint density at radius 3 is 2.61 bits per heavy atom. The Labute approximate surface area is 111 Å². The Morgan fingerprint density at radius 2 is 2.11 bits per heavy atom. The van der Waals surface area contributed by atoms with Crippen molar-refractivity contribution in [3.05, 3.63) is 12.7 Å². The van der Waals surface area contributed by atoms with Gasteiger partial charge in [-0.15, -0.1) is 6.58 Å². The number of hydrogen-bond acceptors (Lipinski definition) is 3. The molecular weight excluding hydrogens is 249 g/mol. The highest BCUT2D eigenvalue weighted by molar-refractivity contribution is 7.56. The highest BCUT2D eigenvalue weighted by Crippen LogP contribution is 2.60. The third-order valence-electron chi connectivity index (χ3n) is 2.95. The molecule has 1 atom stereocenters. The molecule has 1 aliphatic heterocycles. The number of nitrogens with zero attached hydrogens (tertiary/aromatic N) is 1. The number of ether oxygens (including phenoxy) is 1. The van der Waals surface area contributed by atoms with Gasteiger partial charge in [0.1, 0.15) is 6.35 Å². The van der Waals surface area contributed by atoms with Crippen LogP contribution in [0.3, 0.4) is 0 Å². The van der Waals surface area contributed by atoms with Crippen LogP contribution in [0.15, 0.2) is 12.7 Å². The minimum absolute atomic E-state index is 0.125. The molecule has 1 rings (SSSR count). The first-order chi connectivity index (χ1) is 8.11. The Bertz CT molecular complexity index is 347. The molecule has 0 spiro atoms. The van der Waals surface area contributed by atoms with Gasteiger partial charge < -0.3 is 9.26 Å². The van der Waals surface area contributed by atoms with Crippen molar-refractivity contribution in [2.24, 2.45) is 0 Å². The Kier molecular flexibility index (Phi) is 4.82. The Balaban J connectivity index is 2.89. The van der Waals surface area contributed by atoms with Crippen molar-refractivity contribution in [3.63, 3.8) is 0 Å². The van der Waals surface area contributed by atoms with Crippen LogP contribution >= 0.6 is 7.52 Å². The van der Waals surface area contributed by atoms with E-state index in [1.165, 1.54) is 0 Å². The molecule has 0 aliphatic carbocycles. The lowest BCUT2D eigenvalue weighted by atomic mass is 10.0. The van der Waals surface area contributed by atoms with Crippen molar-refractivity contribution in [3.8, 4) is 0 Å². The normalized spacial score (nSPS) is 29.2. The molecule has 0 aromatic rings. The van der Waals surface area contributed by atoms with Gasteiger partial charge in [-0.3, -0.25) is 4.57 Å². The third kappa shape index (κ3) is 3.92. The molecule has 1 fully saturated rings. The van der Waals surface area contributed by atoms with E-state index >= 15 is 0 Å². The van der Waals surface area contributed by atoms with Crippen LogP contribution in [0.25, 0.3) is 0 Å². The molecule has 1 saturated heterocycles. The minimum atomic E-state index is -2.93. The first-order valence-electron chi connectivity index (χ1n) is 6.37. The molecule has 0 bridgehead atoms. The van der Waals surface area contributed by atoms with Gasteiger partial charge in [0.05, 0.1) is 12.2 Å². The van der Waals surface area contributed by atoms with Crippen LogP contribution in [0.2, 0.25) is 0 Å². The van der Waals surface area contributed by atoms with Gasteiger partial charge in [-0.2, -0.15) is 0 Å². The molecule has 0 N–H and O–H groups in total. The molecule has 1 aliphatic rings. The zero-order chi connectivity index (χ0) is 14.0. The van der Waals surface area contributed by atoms with Gasteiger partial charge >= 0.3 is 0 Å². The average Bonchev–Trinajstić information content (AvgIpc) is 2.13. The number of rotatable bonds is 4. The molecule has 5 heteroatoms. The molecule has 1 heterocycles. The van der Waals surface area contributed by atoms with E-state index in [-0.39, 0.29) is 17.5 Å². The summed E-state index contributed by atoms with van der Waals surface area (Å²) in [4.78, 5) is 0. The van der Waals surface area contributed by atoms with Gasteiger partial charge in [0.15, 0.2) is 0 Å². The molecule has 0 saturated carbocycles. The smallest absolute Gasteiger partial charge is 0.298 e. The lowest BCUT2D eigenvalue weighted by Crippen LogP contribution is -2.48. The maximum absolute atomic E-state index is 13.0. The summed E-state index contributed by atoms with van der Waals surface area (Å²) in [6, 6.07) is 0. The van der Waals surface area contributed by atoms with Crippen LogP contribution in [0.5, 0.6) is 0 Å². The maximum Gasteiger partial charge on any atom is 0.298 e. The summed E-state index contributed by atoms with van der Waals surface area (Å²) >= 11 is 0. The summed E-state index contributed by atoms with van der Waals surface area (Å²) in [5, 5.41) is 0. The van der Waals surface area contributed by atoms with Crippen molar-refractivity contribution in [2.75, 3.05) is 19.5 Å².